The van der Waals surface area contributed by atoms with Gasteiger partial charge in [0.1, 0.15) is 5.60 Å². The highest BCUT2D eigenvalue weighted by atomic mass is 16.6. The van der Waals surface area contributed by atoms with Crippen LogP contribution < -0.4 is 4.90 Å². The molecule has 2 aromatic rings. The minimum absolute atomic E-state index is 0.0563. The Morgan fingerprint density at radius 3 is 2.48 bits per heavy atom. The van der Waals surface area contributed by atoms with Gasteiger partial charge in [-0.25, -0.2) is 4.79 Å². The first-order valence-corrected chi connectivity index (χ1v) is 11.7. The maximum absolute atomic E-state index is 13.1. The summed E-state index contributed by atoms with van der Waals surface area (Å²) in [5, 5.41) is 0. The molecular weight excluding hydrogens is 416 g/mol. The van der Waals surface area contributed by atoms with E-state index in [1.165, 1.54) is 12.7 Å². The first kappa shape index (κ1) is 23.3. The molecule has 2 aliphatic heterocycles. The molecule has 0 bridgehead atoms. The highest BCUT2D eigenvalue weighted by Crippen LogP contribution is 2.42. The molecule has 1 saturated heterocycles. The standard InChI is InChI=1S/C27H34N2O4/c1-27(2,3)33-26(31)29-15-9-13-20-12-8-14-21(24(20)29)22-17-28(18-23(22)25(30)32-4)16-19-10-6-5-7-11-19/h5-8,10-12,14,22-23H,9,13,15-18H2,1-4H3/t22-,23-/m1/s1. The summed E-state index contributed by atoms with van der Waals surface area (Å²) in [6, 6.07) is 16.5. The fraction of sp³-hybridized carbons (Fsp3) is 0.481. The van der Waals surface area contributed by atoms with Crippen molar-refractivity contribution in [3.8, 4) is 0 Å². The summed E-state index contributed by atoms with van der Waals surface area (Å²) < 4.78 is 10.9. The van der Waals surface area contributed by atoms with Crippen LogP contribution in [0.5, 0.6) is 0 Å². The van der Waals surface area contributed by atoms with Crippen LogP contribution in [0.4, 0.5) is 10.5 Å². The highest BCUT2D eigenvalue weighted by Gasteiger charge is 2.42. The molecular formula is C27H34N2O4. The number of likely N-dealkylation sites (tertiary alicyclic amines) is 1. The molecule has 0 N–H and O–H groups in total. The summed E-state index contributed by atoms with van der Waals surface area (Å²) in [7, 11) is 1.45. The van der Waals surface area contributed by atoms with Crippen LogP contribution in [0.25, 0.3) is 0 Å². The van der Waals surface area contributed by atoms with E-state index >= 15 is 0 Å². The Morgan fingerprint density at radius 2 is 1.79 bits per heavy atom. The molecule has 2 atom stereocenters. The third-order valence-electron chi connectivity index (χ3n) is 6.41. The number of rotatable bonds is 4. The number of hydrogen-bond donors (Lipinski definition) is 0. The van der Waals surface area contributed by atoms with Crippen molar-refractivity contribution in [2.45, 2.75) is 51.7 Å². The van der Waals surface area contributed by atoms with Gasteiger partial charge in [0.2, 0.25) is 0 Å². The first-order valence-electron chi connectivity index (χ1n) is 11.7. The van der Waals surface area contributed by atoms with E-state index < -0.39 is 5.60 Å². The Balaban J connectivity index is 1.68. The Labute approximate surface area is 196 Å². The SMILES string of the molecule is COC(=O)[C@@H]1CN(Cc2ccccc2)C[C@@H]1c1cccc2c1N(C(=O)OC(C)(C)C)CCC2. The molecule has 0 saturated carbocycles. The van der Waals surface area contributed by atoms with Gasteiger partial charge in [0.15, 0.2) is 0 Å². The topological polar surface area (TPSA) is 59.1 Å². The van der Waals surface area contributed by atoms with Gasteiger partial charge in [0.25, 0.3) is 0 Å². The van der Waals surface area contributed by atoms with Crippen molar-refractivity contribution >= 4 is 17.7 Å². The highest BCUT2D eigenvalue weighted by molar-refractivity contribution is 5.91. The Bertz CT molecular complexity index is 999. The quantitative estimate of drug-likeness (QED) is 0.629. The van der Waals surface area contributed by atoms with Crippen molar-refractivity contribution in [1.29, 1.82) is 0 Å². The van der Waals surface area contributed by atoms with Crippen molar-refractivity contribution in [2.24, 2.45) is 5.92 Å². The third-order valence-corrected chi connectivity index (χ3v) is 6.41. The van der Waals surface area contributed by atoms with Crippen LogP contribution in [0.15, 0.2) is 48.5 Å². The number of fused-ring (bicyclic) bond motifs is 1. The lowest BCUT2D eigenvalue weighted by Crippen LogP contribution is -2.41. The number of hydrogen-bond acceptors (Lipinski definition) is 5. The molecule has 0 spiro atoms. The maximum Gasteiger partial charge on any atom is 0.414 e. The molecule has 0 unspecified atom stereocenters. The van der Waals surface area contributed by atoms with Gasteiger partial charge in [-0.05, 0) is 50.3 Å². The molecule has 2 aliphatic rings. The zero-order chi connectivity index (χ0) is 23.6. The molecule has 6 heteroatoms. The predicted octanol–water partition coefficient (Wildman–Crippen LogP) is 4.76. The van der Waals surface area contributed by atoms with Crippen molar-refractivity contribution in [3.05, 3.63) is 65.2 Å². The lowest BCUT2D eigenvalue weighted by Gasteiger charge is -2.35. The number of ether oxygens (including phenoxy) is 2. The fourth-order valence-corrected chi connectivity index (χ4v) is 5.04. The summed E-state index contributed by atoms with van der Waals surface area (Å²) in [5.41, 5.74) is 3.72. The zero-order valence-electron chi connectivity index (χ0n) is 20.0. The molecule has 176 valence electrons. The number of carbonyl (C=O) groups excluding carboxylic acids is 2. The monoisotopic (exact) mass is 450 g/mol. The lowest BCUT2D eigenvalue weighted by molar-refractivity contribution is -0.145. The zero-order valence-corrected chi connectivity index (χ0v) is 20.0. The van der Waals surface area contributed by atoms with Crippen molar-refractivity contribution < 1.29 is 19.1 Å². The number of carbonyl (C=O) groups is 2. The summed E-state index contributed by atoms with van der Waals surface area (Å²) in [6.07, 6.45) is 1.47. The molecule has 1 amide bonds. The van der Waals surface area contributed by atoms with Gasteiger partial charge in [0.05, 0.1) is 18.7 Å². The van der Waals surface area contributed by atoms with E-state index in [9.17, 15) is 9.59 Å². The number of amides is 1. The second-order valence-corrected chi connectivity index (χ2v) is 10.0. The normalized spacial score (nSPS) is 20.9. The van der Waals surface area contributed by atoms with E-state index in [0.29, 0.717) is 13.1 Å². The molecule has 4 rings (SSSR count). The van der Waals surface area contributed by atoms with Crippen LogP contribution in [-0.2, 0) is 27.2 Å². The van der Waals surface area contributed by atoms with Crippen LogP contribution >= 0.6 is 0 Å². The Hall–Kier alpha value is -2.86. The van der Waals surface area contributed by atoms with E-state index in [1.54, 1.807) is 4.90 Å². The lowest BCUT2D eigenvalue weighted by atomic mass is 9.84. The molecule has 2 aromatic carbocycles. The van der Waals surface area contributed by atoms with Crippen LogP contribution in [-0.4, -0.2) is 49.3 Å². The summed E-state index contributed by atoms with van der Waals surface area (Å²) >= 11 is 0. The molecule has 6 nitrogen and oxygen atoms in total. The van der Waals surface area contributed by atoms with Crippen LogP contribution in [0, 0.1) is 5.92 Å². The van der Waals surface area contributed by atoms with E-state index in [-0.39, 0.29) is 23.9 Å². The van der Waals surface area contributed by atoms with E-state index in [4.69, 9.17) is 9.47 Å². The van der Waals surface area contributed by atoms with E-state index in [1.807, 2.05) is 45.0 Å². The van der Waals surface area contributed by atoms with Gasteiger partial charge in [-0.2, -0.15) is 0 Å². The number of benzene rings is 2. The van der Waals surface area contributed by atoms with Gasteiger partial charge in [-0.1, -0.05) is 48.5 Å². The number of methoxy groups -OCH3 is 1. The molecule has 0 aromatic heterocycles. The predicted molar refractivity (Wildman–Crippen MR) is 128 cm³/mol. The average Bonchev–Trinajstić information content (AvgIpc) is 3.20. The largest absolute Gasteiger partial charge is 0.469 e. The second-order valence-electron chi connectivity index (χ2n) is 10.0. The van der Waals surface area contributed by atoms with Gasteiger partial charge < -0.3 is 9.47 Å². The first-order chi connectivity index (χ1) is 15.8. The maximum atomic E-state index is 13.1. The summed E-state index contributed by atoms with van der Waals surface area (Å²) in [5.74, 6) is -0.542. The van der Waals surface area contributed by atoms with Gasteiger partial charge in [-0.3, -0.25) is 14.6 Å². The van der Waals surface area contributed by atoms with Gasteiger partial charge in [-0.15, -0.1) is 0 Å². The van der Waals surface area contributed by atoms with Crippen LogP contribution in [0.3, 0.4) is 0 Å². The Morgan fingerprint density at radius 1 is 1.03 bits per heavy atom. The molecule has 0 aliphatic carbocycles. The third kappa shape index (κ3) is 5.22. The number of anilines is 1. The van der Waals surface area contributed by atoms with Crippen LogP contribution in [0.2, 0.25) is 0 Å². The second kappa shape index (κ2) is 9.56. The van der Waals surface area contributed by atoms with Gasteiger partial charge >= 0.3 is 12.1 Å². The number of aryl methyl sites for hydroxylation is 1. The summed E-state index contributed by atoms with van der Waals surface area (Å²) in [6.45, 7) is 8.39. The fourth-order valence-electron chi connectivity index (χ4n) is 5.04. The van der Waals surface area contributed by atoms with E-state index in [0.717, 1.165) is 42.7 Å². The average molecular weight is 451 g/mol. The van der Waals surface area contributed by atoms with Crippen molar-refractivity contribution in [1.82, 2.24) is 4.90 Å². The molecule has 1 fully saturated rings. The summed E-state index contributed by atoms with van der Waals surface area (Å²) in [4.78, 5) is 30.0. The van der Waals surface area contributed by atoms with Crippen molar-refractivity contribution in [3.63, 3.8) is 0 Å². The number of para-hydroxylation sites is 1. The minimum atomic E-state index is -0.571. The molecule has 33 heavy (non-hydrogen) atoms. The molecule has 2 heterocycles. The number of esters is 1. The van der Waals surface area contributed by atoms with E-state index in [2.05, 4.69) is 29.2 Å². The molecule has 0 radical (unpaired) electrons. The van der Waals surface area contributed by atoms with Gasteiger partial charge in [0, 0.05) is 32.1 Å². The Kier molecular flexibility index (Phi) is 6.75. The minimum Gasteiger partial charge on any atom is -0.469 e. The van der Waals surface area contributed by atoms with Crippen LogP contribution in [0.1, 0.15) is 49.8 Å². The smallest absolute Gasteiger partial charge is 0.414 e. The number of nitrogens with zero attached hydrogens (tertiary/aromatic N) is 2. The van der Waals surface area contributed by atoms with Crippen molar-refractivity contribution in [2.75, 3.05) is 31.6 Å².